The molecule has 1 heterocycles. The first kappa shape index (κ1) is 13.1. The zero-order chi connectivity index (χ0) is 13.8. The molecule has 0 aliphatic carbocycles. The van der Waals surface area contributed by atoms with Gasteiger partial charge in [-0.25, -0.2) is 0 Å². The van der Waals surface area contributed by atoms with E-state index in [2.05, 4.69) is 5.32 Å². The predicted molar refractivity (Wildman–Crippen MR) is 77.0 cm³/mol. The molecule has 0 aliphatic heterocycles. The van der Waals surface area contributed by atoms with Crippen molar-refractivity contribution >= 4 is 17.7 Å². The maximum atomic E-state index is 11.8. The molecule has 0 saturated heterocycles. The highest BCUT2D eigenvalue weighted by atomic mass is 16.3. The Morgan fingerprint density at radius 3 is 2.58 bits per heavy atom. The van der Waals surface area contributed by atoms with Crippen molar-refractivity contribution in [3.05, 3.63) is 59.1 Å². The van der Waals surface area contributed by atoms with Gasteiger partial charge in [0.15, 0.2) is 0 Å². The summed E-state index contributed by atoms with van der Waals surface area (Å²) in [5.41, 5.74) is 3.06. The van der Waals surface area contributed by atoms with Crippen molar-refractivity contribution in [1.29, 1.82) is 0 Å². The Morgan fingerprint density at radius 2 is 1.95 bits per heavy atom. The van der Waals surface area contributed by atoms with Gasteiger partial charge in [0.05, 0.1) is 0 Å². The van der Waals surface area contributed by atoms with Crippen molar-refractivity contribution in [1.82, 2.24) is 0 Å². The quantitative estimate of drug-likeness (QED) is 0.846. The van der Waals surface area contributed by atoms with E-state index in [-0.39, 0.29) is 5.91 Å². The van der Waals surface area contributed by atoms with Crippen LogP contribution in [-0.4, -0.2) is 5.91 Å². The molecule has 0 saturated carbocycles. The van der Waals surface area contributed by atoms with Crippen LogP contribution in [0.3, 0.4) is 0 Å². The maximum absolute atomic E-state index is 11.8. The number of anilines is 1. The highest BCUT2D eigenvalue weighted by Crippen LogP contribution is 2.16. The van der Waals surface area contributed by atoms with Crippen LogP contribution in [0.15, 0.2) is 40.8 Å². The molecule has 19 heavy (non-hydrogen) atoms. The van der Waals surface area contributed by atoms with Gasteiger partial charge in [0.1, 0.15) is 11.5 Å². The Kier molecular flexibility index (Phi) is 3.85. The molecule has 1 amide bonds. The van der Waals surface area contributed by atoms with Crippen molar-refractivity contribution < 1.29 is 9.21 Å². The molecule has 3 nitrogen and oxygen atoms in total. The van der Waals surface area contributed by atoms with E-state index in [0.29, 0.717) is 5.76 Å². The summed E-state index contributed by atoms with van der Waals surface area (Å²) < 4.78 is 5.36. The van der Waals surface area contributed by atoms with Gasteiger partial charge in [-0.1, -0.05) is 17.7 Å². The van der Waals surface area contributed by atoms with Crippen LogP contribution in [0.25, 0.3) is 6.08 Å². The zero-order valence-corrected chi connectivity index (χ0v) is 11.4. The number of hydrogen-bond donors (Lipinski definition) is 1. The number of carbonyl (C=O) groups is 1. The Balaban J connectivity index is 2.03. The third-order valence-corrected chi connectivity index (χ3v) is 2.80. The lowest BCUT2D eigenvalue weighted by Crippen LogP contribution is -2.08. The molecule has 0 aliphatic rings. The van der Waals surface area contributed by atoms with Gasteiger partial charge in [-0.2, -0.15) is 0 Å². The summed E-state index contributed by atoms with van der Waals surface area (Å²) in [6.45, 7) is 5.87. The maximum Gasteiger partial charge on any atom is 0.248 e. The molecule has 0 bridgehead atoms. The van der Waals surface area contributed by atoms with Gasteiger partial charge in [-0.3, -0.25) is 4.79 Å². The highest BCUT2D eigenvalue weighted by molar-refractivity contribution is 6.02. The van der Waals surface area contributed by atoms with Crippen LogP contribution in [0.4, 0.5) is 5.69 Å². The van der Waals surface area contributed by atoms with Crippen LogP contribution in [0, 0.1) is 20.8 Å². The molecule has 2 rings (SSSR count). The SMILES string of the molecule is Cc1ccc(NC(=O)/C=C\c2ccc(C)o2)c(C)c1. The normalized spacial score (nSPS) is 10.9. The van der Waals surface area contributed by atoms with Gasteiger partial charge in [0, 0.05) is 11.8 Å². The van der Waals surface area contributed by atoms with E-state index in [9.17, 15) is 4.79 Å². The van der Waals surface area contributed by atoms with Crippen molar-refractivity contribution in [2.24, 2.45) is 0 Å². The minimum Gasteiger partial charge on any atom is -0.462 e. The second-order valence-electron chi connectivity index (χ2n) is 4.59. The smallest absolute Gasteiger partial charge is 0.248 e. The monoisotopic (exact) mass is 255 g/mol. The Labute approximate surface area is 112 Å². The molecule has 0 unspecified atom stereocenters. The second-order valence-corrected chi connectivity index (χ2v) is 4.59. The van der Waals surface area contributed by atoms with Crippen molar-refractivity contribution in [3.63, 3.8) is 0 Å². The number of rotatable bonds is 3. The van der Waals surface area contributed by atoms with Gasteiger partial charge >= 0.3 is 0 Å². The molecule has 0 spiro atoms. The lowest BCUT2D eigenvalue weighted by molar-refractivity contribution is -0.111. The minimum atomic E-state index is -0.166. The van der Waals surface area contributed by atoms with E-state index >= 15 is 0 Å². The molecular formula is C16H17NO2. The van der Waals surface area contributed by atoms with Crippen LogP contribution >= 0.6 is 0 Å². The average Bonchev–Trinajstić information content (AvgIpc) is 2.76. The summed E-state index contributed by atoms with van der Waals surface area (Å²) in [4.78, 5) is 11.8. The second kappa shape index (κ2) is 5.57. The van der Waals surface area contributed by atoms with E-state index in [0.717, 1.165) is 17.0 Å². The molecule has 3 heteroatoms. The molecule has 2 aromatic rings. The standard InChI is InChI=1S/C16H17NO2/c1-11-4-8-15(12(2)10-11)17-16(18)9-7-14-6-5-13(3)19-14/h4-10H,1-3H3,(H,17,18)/b9-7-. The fraction of sp³-hybridized carbons (Fsp3) is 0.188. The molecule has 0 atom stereocenters. The van der Waals surface area contributed by atoms with Crippen LogP contribution in [-0.2, 0) is 4.79 Å². The van der Waals surface area contributed by atoms with Gasteiger partial charge in [-0.05, 0) is 50.6 Å². The largest absolute Gasteiger partial charge is 0.462 e. The number of furan rings is 1. The Bertz CT molecular complexity index is 623. The summed E-state index contributed by atoms with van der Waals surface area (Å²) in [6, 6.07) is 9.61. The zero-order valence-electron chi connectivity index (χ0n) is 11.4. The van der Waals surface area contributed by atoms with Gasteiger partial charge in [0.25, 0.3) is 0 Å². The number of aryl methyl sites for hydroxylation is 3. The number of hydrogen-bond acceptors (Lipinski definition) is 2. The lowest BCUT2D eigenvalue weighted by Gasteiger charge is -2.06. The fourth-order valence-corrected chi connectivity index (χ4v) is 1.83. The first-order valence-corrected chi connectivity index (χ1v) is 6.17. The third-order valence-electron chi connectivity index (χ3n) is 2.80. The number of carbonyl (C=O) groups excluding carboxylic acids is 1. The van der Waals surface area contributed by atoms with Crippen molar-refractivity contribution in [2.75, 3.05) is 5.32 Å². The highest BCUT2D eigenvalue weighted by Gasteiger charge is 2.02. The summed E-state index contributed by atoms with van der Waals surface area (Å²) >= 11 is 0. The topological polar surface area (TPSA) is 42.2 Å². The molecule has 0 radical (unpaired) electrons. The summed E-state index contributed by atoms with van der Waals surface area (Å²) in [6.07, 6.45) is 3.13. The Morgan fingerprint density at radius 1 is 1.16 bits per heavy atom. The van der Waals surface area contributed by atoms with E-state index in [1.54, 1.807) is 6.08 Å². The molecule has 0 fully saturated rings. The van der Waals surface area contributed by atoms with Crippen LogP contribution in [0.5, 0.6) is 0 Å². The summed E-state index contributed by atoms with van der Waals surface area (Å²) in [7, 11) is 0. The number of amides is 1. The minimum absolute atomic E-state index is 0.166. The van der Waals surface area contributed by atoms with E-state index in [1.807, 2.05) is 51.1 Å². The first-order chi connectivity index (χ1) is 9.04. The predicted octanol–water partition coefficient (Wildman–Crippen LogP) is 3.86. The molecule has 1 aromatic carbocycles. The van der Waals surface area contributed by atoms with E-state index in [1.165, 1.54) is 11.6 Å². The van der Waals surface area contributed by atoms with Crippen molar-refractivity contribution in [2.45, 2.75) is 20.8 Å². The van der Waals surface area contributed by atoms with E-state index in [4.69, 9.17) is 4.42 Å². The molecule has 1 aromatic heterocycles. The number of nitrogens with one attached hydrogen (secondary N) is 1. The van der Waals surface area contributed by atoms with Gasteiger partial charge in [-0.15, -0.1) is 0 Å². The Hall–Kier alpha value is -2.29. The van der Waals surface area contributed by atoms with E-state index < -0.39 is 0 Å². The fourth-order valence-electron chi connectivity index (χ4n) is 1.83. The van der Waals surface area contributed by atoms with Crippen molar-refractivity contribution in [3.8, 4) is 0 Å². The van der Waals surface area contributed by atoms with Crippen LogP contribution < -0.4 is 5.32 Å². The third kappa shape index (κ3) is 3.58. The number of benzene rings is 1. The lowest BCUT2D eigenvalue weighted by atomic mass is 10.1. The molecule has 98 valence electrons. The molecule has 1 N–H and O–H groups in total. The van der Waals surface area contributed by atoms with Crippen LogP contribution in [0.2, 0.25) is 0 Å². The van der Waals surface area contributed by atoms with Gasteiger partial charge in [0.2, 0.25) is 5.91 Å². The average molecular weight is 255 g/mol. The first-order valence-electron chi connectivity index (χ1n) is 6.17. The summed E-state index contributed by atoms with van der Waals surface area (Å²) in [5, 5.41) is 2.85. The van der Waals surface area contributed by atoms with Gasteiger partial charge < -0.3 is 9.73 Å². The van der Waals surface area contributed by atoms with Crippen LogP contribution in [0.1, 0.15) is 22.6 Å². The summed E-state index contributed by atoms with van der Waals surface area (Å²) in [5.74, 6) is 1.34. The molecular weight excluding hydrogens is 238 g/mol.